The van der Waals surface area contributed by atoms with Crippen molar-refractivity contribution in [3.63, 3.8) is 0 Å². The van der Waals surface area contributed by atoms with Crippen LogP contribution >= 0.6 is 11.3 Å². The lowest BCUT2D eigenvalue weighted by Crippen LogP contribution is -2.36. The number of hydrogen-bond acceptors (Lipinski definition) is 7. The van der Waals surface area contributed by atoms with E-state index in [-0.39, 0.29) is 17.5 Å². The van der Waals surface area contributed by atoms with Crippen LogP contribution in [0.25, 0.3) is 10.8 Å². The predicted octanol–water partition coefficient (Wildman–Crippen LogP) is 2.59. The summed E-state index contributed by atoms with van der Waals surface area (Å²) >= 11 is 1.56. The van der Waals surface area contributed by atoms with Crippen LogP contribution in [0.5, 0.6) is 0 Å². The second kappa shape index (κ2) is 7.11. The van der Waals surface area contributed by atoms with Gasteiger partial charge in [0, 0.05) is 6.04 Å². The van der Waals surface area contributed by atoms with Crippen LogP contribution < -0.4 is 0 Å². The maximum Gasteiger partial charge on any atom is 0.257 e. The van der Waals surface area contributed by atoms with Gasteiger partial charge in [-0.05, 0) is 30.8 Å². The van der Waals surface area contributed by atoms with Gasteiger partial charge in [-0.1, -0.05) is 19.4 Å². The highest BCUT2D eigenvalue weighted by molar-refractivity contribution is 7.91. The van der Waals surface area contributed by atoms with E-state index < -0.39 is 9.84 Å². The lowest BCUT2D eigenvalue weighted by molar-refractivity contribution is 0.182. The summed E-state index contributed by atoms with van der Waals surface area (Å²) in [6.45, 7) is 3.50. The summed E-state index contributed by atoms with van der Waals surface area (Å²) in [6, 6.07) is 3.95. The van der Waals surface area contributed by atoms with Crippen LogP contribution in [0.4, 0.5) is 0 Å². The van der Waals surface area contributed by atoms with Crippen molar-refractivity contribution in [2.45, 2.75) is 38.8 Å². The van der Waals surface area contributed by atoms with Gasteiger partial charge >= 0.3 is 0 Å². The Morgan fingerprint density at radius 3 is 2.96 bits per heavy atom. The molecule has 1 atom stereocenters. The average molecular weight is 355 g/mol. The van der Waals surface area contributed by atoms with Crippen molar-refractivity contribution in [3.05, 3.63) is 23.4 Å². The first-order valence-corrected chi connectivity index (χ1v) is 10.6. The van der Waals surface area contributed by atoms with Crippen LogP contribution in [0, 0.1) is 0 Å². The molecule has 1 aliphatic heterocycles. The van der Waals surface area contributed by atoms with Crippen LogP contribution in [0.3, 0.4) is 0 Å². The molecule has 0 amide bonds. The highest BCUT2D eigenvalue weighted by atomic mass is 32.2. The lowest BCUT2D eigenvalue weighted by atomic mass is 10.2. The Morgan fingerprint density at radius 1 is 1.43 bits per heavy atom. The maximum absolute atomic E-state index is 11.8. The SMILES string of the molecule is CCCCN(Cc1nnc(-c2cccs2)o1)C1CCS(=O)(=O)C1. The smallest absolute Gasteiger partial charge is 0.257 e. The Kier molecular flexibility index (Phi) is 5.13. The largest absolute Gasteiger partial charge is 0.419 e. The van der Waals surface area contributed by atoms with E-state index in [0.717, 1.165) is 24.3 Å². The Morgan fingerprint density at radius 2 is 2.30 bits per heavy atom. The molecule has 0 aromatic carbocycles. The molecular formula is C15H21N3O3S2. The second-order valence-corrected chi connectivity index (χ2v) is 9.04. The molecule has 1 fully saturated rings. The zero-order valence-electron chi connectivity index (χ0n) is 13.1. The summed E-state index contributed by atoms with van der Waals surface area (Å²) in [6.07, 6.45) is 2.79. The van der Waals surface area contributed by atoms with Gasteiger partial charge in [0.2, 0.25) is 5.89 Å². The quantitative estimate of drug-likeness (QED) is 0.760. The van der Waals surface area contributed by atoms with Gasteiger partial charge in [0.15, 0.2) is 9.84 Å². The van der Waals surface area contributed by atoms with Crippen LogP contribution in [0.2, 0.25) is 0 Å². The highest BCUT2D eigenvalue weighted by Crippen LogP contribution is 2.25. The first kappa shape index (κ1) is 16.6. The standard InChI is InChI=1S/C15H21N3O3S2/c1-2-3-7-18(12-6-9-23(19,20)11-12)10-14-16-17-15(21-14)13-5-4-8-22-13/h4-5,8,12H,2-3,6-7,9-11H2,1H3. The van der Waals surface area contributed by atoms with E-state index in [2.05, 4.69) is 22.0 Å². The number of unbranched alkanes of at least 4 members (excludes halogenated alkanes) is 1. The number of thiophene rings is 1. The van der Waals surface area contributed by atoms with E-state index in [0.29, 0.717) is 24.7 Å². The molecule has 0 radical (unpaired) electrons. The van der Waals surface area contributed by atoms with E-state index in [1.807, 2.05) is 17.5 Å². The molecule has 3 heterocycles. The van der Waals surface area contributed by atoms with Crippen molar-refractivity contribution in [1.29, 1.82) is 0 Å². The van der Waals surface area contributed by atoms with Crippen LogP contribution in [-0.2, 0) is 16.4 Å². The van der Waals surface area contributed by atoms with Crippen molar-refractivity contribution in [3.8, 4) is 10.8 Å². The molecule has 1 aliphatic rings. The number of nitrogens with zero attached hydrogens (tertiary/aromatic N) is 3. The number of aromatic nitrogens is 2. The van der Waals surface area contributed by atoms with E-state index in [4.69, 9.17) is 4.42 Å². The Labute approximate surface area is 140 Å². The fourth-order valence-corrected chi connectivity index (χ4v) is 5.21. The second-order valence-electron chi connectivity index (χ2n) is 5.86. The molecule has 2 aromatic rings. The zero-order valence-corrected chi connectivity index (χ0v) is 14.8. The summed E-state index contributed by atoms with van der Waals surface area (Å²) in [4.78, 5) is 3.13. The van der Waals surface area contributed by atoms with Crippen molar-refractivity contribution in [1.82, 2.24) is 15.1 Å². The van der Waals surface area contributed by atoms with Crippen LogP contribution in [0.1, 0.15) is 32.1 Å². The summed E-state index contributed by atoms with van der Waals surface area (Å²) in [5, 5.41) is 10.2. The lowest BCUT2D eigenvalue weighted by Gasteiger charge is -2.26. The molecule has 0 spiro atoms. The molecule has 126 valence electrons. The molecule has 8 heteroatoms. The molecule has 1 saturated heterocycles. The van der Waals surface area contributed by atoms with Crippen molar-refractivity contribution >= 4 is 21.2 Å². The monoisotopic (exact) mass is 355 g/mol. The normalized spacial score (nSPS) is 20.3. The Bertz CT molecular complexity index is 725. The molecular weight excluding hydrogens is 334 g/mol. The molecule has 0 bridgehead atoms. The van der Waals surface area contributed by atoms with Gasteiger partial charge in [-0.2, -0.15) is 0 Å². The minimum Gasteiger partial charge on any atom is -0.419 e. The van der Waals surface area contributed by atoms with Crippen molar-refractivity contribution in [2.75, 3.05) is 18.1 Å². The zero-order chi connectivity index (χ0) is 16.3. The van der Waals surface area contributed by atoms with Gasteiger partial charge in [-0.15, -0.1) is 21.5 Å². The Balaban J connectivity index is 1.71. The first-order chi connectivity index (χ1) is 11.1. The molecule has 23 heavy (non-hydrogen) atoms. The van der Waals surface area contributed by atoms with Crippen molar-refractivity contribution in [2.24, 2.45) is 0 Å². The average Bonchev–Trinajstić information content (AvgIpc) is 3.23. The molecule has 0 aliphatic carbocycles. The number of hydrogen-bond donors (Lipinski definition) is 0. The van der Waals surface area contributed by atoms with Crippen molar-refractivity contribution < 1.29 is 12.8 Å². The third-order valence-electron chi connectivity index (χ3n) is 4.06. The molecule has 0 saturated carbocycles. The fraction of sp³-hybridized carbons (Fsp3) is 0.600. The summed E-state index contributed by atoms with van der Waals surface area (Å²) in [5.74, 6) is 1.60. The molecule has 0 N–H and O–H groups in total. The van der Waals surface area contributed by atoms with Gasteiger partial charge in [0.1, 0.15) is 0 Å². The Hall–Kier alpha value is -1.25. The third kappa shape index (κ3) is 4.19. The van der Waals surface area contributed by atoms with E-state index in [9.17, 15) is 8.42 Å². The van der Waals surface area contributed by atoms with Crippen LogP contribution in [-0.4, -0.2) is 47.6 Å². The van der Waals surface area contributed by atoms with Gasteiger partial charge in [-0.3, -0.25) is 4.90 Å². The van der Waals surface area contributed by atoms with Gasteiger partial charge < -0.3 is 4.42 Å². The minimum atomic E-state index is -2.89. The van der Waals surface area contributed by atoms with E-state index >= 15 is 0 Å². The summed E-state index contributed by atoms with van der Waals surface area (Å²) in [5.41, 5.74) is 0. The molecule has 2 aromatic heterocycles. The molecule has 1 unspecified atom stereocenters. The summed E-state index contributed by atoms with van der Waals surface area (Å²) < 4.78 is 29.3. The van der Waals surface area contributed by atoms with Gasteiger partial charge in [-0.25, -0.2) is 8.42 Å². The molecule has 6 nitrogen and oxygen atoms in total. The summed E-state index contributed by atoms with van der Waals surface area (Å²) in [7, 11) is -2.89. The number of rotatable bonds is 7. The fourth-order valence-electron chi connectivity index (χ4n) is 2.81. The van der Waals surface area contributed by atoms with Crippen LogP contribution in [0.15, 0.2) is 21.9 Å². The maximum atomic E-state index is 11.8. The number of sulfone groups is 1. The predicted molar refractivity (Wildman–Crippen MR) is 90.0 cm³/mol. The van der Waals surface area contributed by atoms with Gasteiger partial charge in [0.05, 0.1) is 22.9 Å². The molecule has 3 rings (SSSR count). The third-order valence-corrected chi connectivity index (χ3v) is 6.67. The van der Waals surface area contributed by atoms with E-state index in [1.165, 1.54) is 0 Å². The minimum absolute atomic E-state index is 0.0589. The highest BCUT2D eigenvalue weighted by Gasteiger charge is 2.32. The first-order valence-electron chi connectivity index (χ1n) is 7.88. The van der Waals surface area contributed by atoms with E-state index in [1.54, 1.807) is 11.3 Å². The van der Waals surface area contributed by atoms with Gasteiger partial charge in [0.25, 0.3) is 5.89 Å². The topological polar surface area (TPSA) is 76.3 Å².